The lowest BCUT2D eigenvalue weighted by Gasteiger charge is -2.02. The fraction of sp³-hybridized carbons (Fsp3) is 0.462. The summed E-state index contributed by atoms with van der Waals surface area (Å²) in [5.41, 5.74) is 2.51. The second-order valence-electron chi connectivity index (χ2n) is 4.20. The van der Waals surface area contributed by atoms with E-state index in [2.05, 4.69) is 36.4 Å². The van der Waals surface area contributed by atoms with Gasteiger partial charge in [-0.2, -0.15) is 5.10 Å². The molecule has 2 aromatic rings. The van der Waals surface area contributed by atoms with Gasteiger partial charge in [-0.15, -0.1) is 11.3 Å². The lowest BCUT2D eigenvalue weighted by Crippen LogP contribution is -2.12. The zero-order chi connectivity index (χ0) is 12.3. The second kappa shape index (κ2) is 5.47. The Morgan fingerprint density at radius 1 is 1.29 bits per heavy atom. The van der Waals surface area contributed by atoms with Crippen LogP contribution in [0.5, 0.6) is 0 Å². The van der Waals surface area contributed by atoms with E-state index in [1.807, 2.05) is 29.3 Å². The molecule has 0 aliphatic rings. The summed E-state index contributed by atoms with van der Waals surface area (Å²) in [7, 11) is 1.98. The van der Waals surface area contributed by atoms with Crippen LogP contribution in [0.3, 0.4) is 0 Å². The molecule has 3 nitrogen and oxygen atoms in total. The van der Waals surface area contributed by atoms with Crippen LogP contribution in [0, 0.1) is 6.92 Å². The summed E-state index contributed by atoms with van der Waals surface area (Å²) in [5.74, 6) is 0. The van der Waals surface area contributed by atoms with Crippen LogP contribution in [-0.2, 0) is 26.6 Å². The summed E-state index contributed by atoms with van der Waals surface area (Å²) >= 11 is 1.89. The maximum Gasteiger partial charge on any atom is 0.0537 e. The minimum Gasteiger partial charge on any atom is -0.308 e. The number of aryl methyl sites for hydroxylation is 2. The fourth-order valence-corrected chi connectivity index (χ4v) is 2.67. The molecule has 0 aliphatic carbocycles. The first-order valence-electron chi connectivity index (χ1n) is 5.96. The first-order chi connectivity index (χ1) is 8.20. The normalized spacial score (nSPS) is 11.0. The smallest absolute Gasteiger partial charge is 0.0537 e. The molecule has 0 aromatic carbocycles. The largest absolute Gasteiger partial charge is 0.308 e. The van der Waals surface area contributed by atoms with Crippen molar-refractivity contribution in [2.75, 3.05) is 0 Å². The molecule has 0 aliphatic heterocycles. The Hall–Kier alpha value is -1.13. The Bertz CT molecular complexity index is 485. The summed E-state index contributed by atoms with van der Waals surface area (Å²) in [6.45, 7) is 6.13. The molecule has 0 saturated heterocycles. The molecule has 0 atom stereocenters. The van der Waals surface area contributed by atoms with Gasteiger partial charge in [-0.05, 0) is 25.5 Å². The summed E-state index contributed by atoms with van der Waals surface area (Å²) in [5, 5.41) is 7.71. The van der Waals surface area contributed by atoms with Gasteiger partial charge in [0.2, 0.25) is 0 Å². The van der Waals surface area contributed by atoms with Crippen LogP contribution in [0.25, 0.3) is 0 Å². The molecule has 2 rings (SSSR count). The van der Waals surface area contributed by atoms with Crippen molar-refractivity contribution in [3.8, 4) is 0 Å². The van der Waals surface area contributed by atoms with Gasteiger partial charge in [0, 0.05) is 41.1 Å². The van der Waals surface area contributed by atoms with E-state index in [1.165, 1.54) is 21.0 Å². The number of rotatable bonds is 5. The van der Waals surface area contributed by atoms with Gasteiger partial charge in [0.25, 0.3) is 0 Å². The van der Waals surface area contributed by atoms with Crippen molar-refractivity contribution in [1.29, 1.82) is 0 Å². The van der Waals surface area contributed by atoms with Gasteiger partial charge in [0.15, 0.2) is 0 Å². The fourth-order valence-electron chi connectivity index (χ4n) is 1.75. The van der Waals surface area contributed by atoms with E-state index < -0.39 is 0 Å². The van der Waals surface area contributed by atoms with E-state index in [4.69, 9.17) is 0 Å². The van der Waals surface area contributed by atoms with Crippen molar-refractivity contribution in [3.05, 3.63) is 39.3 Å². The zero-order valence-corrected chi connectivity index (χ0v) is 11.5. The molecule has 17 heavy (non-hydrogen) atoms. The van der Waals surface area contributed by atoms with E-state index in [0.717, 1.165) is 19.5 Å². The highest BCUT2D eigenvalue weighted by Crippen LogP contribution is 2.16. The molecule has 0 fully saturated rings. The number of thiophene rings is 1. The zero-order valence-electron chi connectivity index (χ0n) is 10.7. The van der Waals surface area contributed by atoms with E-state index in [0.29, 0.717) is 0 Å². The first-order valence-corrected chi connectivity index (χ1v) is 6.78. The van der Waals surface area contributed by atoms with Gasteiger partial charge in [-0.3, -0.25) is 4.68 Å². The third kappa shape index (κ3) is 2.96. The Balaban J connectivity index is 1.85. The van der Waals surface area contributed by atoms with E-state index in [-0.39, 0.29) is 0 Å². The van der Waals surface area contributed by atoms with E-state index >= 15 is 0 Å². The Morgan fingerprint density at radius 3 is 2.65 bits per heavy atom. The van der Waals surface area contributed by atoms with Crippen LogP contribution in [0.15, 0.2) is 18.3 Å². The molecule has 0 amide bonds. The van der Waals surface area contributed by atoms with Crippen molar-refractivity contribution in [1.82, 2.24) is 15.1 Å². The predicted molar refractivity (Wildman–Crippen MR) is 72.2 cm³/mol. The Kier molecular flexibility index (Phi) is 3.97. The summed E-state index contributed by atoms with van der Waals surface area (Å²) < 4.78 is 1.91. The quantitative estimate of drug-likeness (QED) is 0.883. The van der Waals surface area contributed by atoms with Gasteiger partial charge in [0.1, 0.15) is 0 Å². The number of aromatic nitrogens is 2. The molecular formula is C13H19N3S. The lowest BCUT2D eigenvalue weighted by atomic mass is 10.2. The maximum absolute atomic E-state index is 4.24. The molecule has 1 N–H and O–H groups in total. The third-order valence-electron chi connectivity index (χ3n) is 3.02. The standard InChI is InChI=1S/C13H19N3S/c1-4-12-5-6-13(17-12)9-14-7-11-8-15-16(3)10(11)2/h5-6,8,14H,4,7,9H2,1-3H3. The highest BCUT2D eigenvalue weighted by atomic mass is 32.1. The Morgan fingerprint density at radius 2 is 2.06 bits per heavy atom. The van der Waals surface area contributed by atoms with Crippen molar-refractivity contribution >= 4 is 11.3 Å². The van der Waals surface area contributed by atoms with Crippen LogP contribution >= 0.6 is 11.3 Å². The number of hydrogen-bond acceptors (Lipinski definition) is 3. The summed E-state index contributed by atoms with van der Waals surface area (Å²) in [6.07, 6.45) is 3.07. The molecule has 2 heterocycles. The average Bonchev–Trinajstić information content (AvgIpc) is 2.90. The molecule has 0 spiro atoms. The SMILES string of the molecule is CCc1ccc(CNCc2cnn(C)c2C)s1. The topological polar surface area (TPSA) is 29.9 Å². The third-order valence-corrected chi connectivity index (χ3v) is 4.25. The highest BCUT2D eigenvalue weighted by molar-refractivity contribution is 7.11. The van der Waals surface area contributed by atoms with E-state index in [1.54, 1.807) is 0 Å². The van der Waals surface area contributed by atoms with Crippen LogP contribution in [-0.4, -0.2) is 9.78 Å². The number of nitrogens with zero attached hydrogens (tertiary/aromatic N) is 2. The van der Waals surface area contributed by atoms with Crippen molar-refractivity contribution in [2.45, 2.75) is 33.4 Å². The molecule has 0 saturated carbocycles. The van der Waals surface area contributed by atoms with Gasteiger partial charge in [0.05, 0.1) is 6.20 Å². The van der Waals surface area contributed by atoms with Gasteiger partial charge in [-0.25, -0.2) is 0 Å². The minimum absolute atomic E-state index is 0.888. The monoisotopic (exact) mass is 249 g/mol. The molecule has 2 aromatic heterocycles. The van der Waals surface area contributed by atoms with Gasteiger partial charge >= 0.3 is 0 Å². The van der Waals surface area contributed by atoms with Crippen molar-refractivity contribution in [2.24, 2.45) is 7.05 Å². The van der Waals surface area contributed by atoms with Crippen LogP contribution in [0.4, 0.5) is 0 Å². The van der Waals surface area contributed by atoms with Crippen molar-refractivity contribution < 1.29 is 0 Å². The van der Waals surface area contributed by atoms with Gasteiger partial charge in [-0.1, -0.05) is 6.92 Å². The first kappa shape index (κ1) is 12.3. The summed E-state index contributed by atoms with van der Waals surface area (Å²) in [4.78, 5) is 2.86. The summed E-state index contributed by atoms with van der Waals surface area (Å²) in [6, 6.07) is 4.43. The van der Waals surface area contributed by atoms with Crippen LogP contribution in [0.1, 0.15) is 27.9 Å². The number of nitrogens with one attached hydrogen (secondary N) is 1. The number of hydrogen-bond donors (Lipinski definition) is 1. The van der Waals surface area contributed by atoms with Crippen LogP contribution in [0.2, 0.25) is 0 Å². The van der Waals surface area contributed by atoms with Gasteiger partial charge < -0.3 is 5.32 Å². The molecule has 92 valence electrons. The minimum atomic E-state index is 0.888. The molecule has 0 radical (unpaired) electrons. The maximum atomic E-state index is 4.24. The predicted octanol–water partition coefficient (Wildman–Crippen LogP) is 2.64. The molecule has 4 heteroatoms. The molecule has 0 bridgehead atoms. The van der Waals surface area contributed by atoms with E-state index in [9.17, 15) is 0 Å². The molecular weight excluding hydrogens is 230 g/mol. The average molecular weight is 249 g/mol. The second-order valence-corrected chi connectivity index (χ2v) is 5.46. The van der Waals surface area contributed by atoms with Crippen molar-refractivity contribution in [3.63, 3.8) is 0 Å². The lowest BCUT2D eigenvalue weighted by molar-refractivity contribution is 0.691. The molecule has 0 unspecified atom stereocenters. The van der Waals surface area contributed by atoms with Crippen LogP contribution < -0.4 is 5.32 Å². The highest BCUT2D eigenvalue weighted by Gasteiger charge is 2.03. The Labute approximate surface area is 106 Å².